The average Bonchev–Trinajstić information content (AvgIpc) is 2.71. The van der Waals surface area contributed by atoms with Gasteiger partial charge in [-0.3, -0.25) is 0 Å². The van der Waals surface area contributed by atoms with Crippen molar-refractivity contribution in [3.05, 3.63) is 59.2 Å². The van der Waals surface area contributed by atoms with E-state index in [1.54, 1.807) is 13.2 Å². The van der Waals surface area contributed by atoms with E-state index in [1.807, 2.05) is 43.3 Å². The molecule has 0 bridgehead atoms. The summed E-state index contributed by atoms with van der Waals surface area (Å²) in [5.74, 6) is 1.27. The van der Waals surface area contributed by atoms with Gasteiger partial charge in [0.25, 0.3) is 0 Å². The highest BCUT2D eigenvalue weighted by atomic mass is 16.7. The molecule has 1 aliphatic rings. The molecule has 0 saturated carbocycles. The van der Waals surface area contributed by atoms with Crippen LogP contribution in [0.25, 0.3) is 0 Å². The van der Waals surface area contributed by atoms with Crippen molar-refractivity contribution >= 4 is 0 Å². The summed E-state index contributed by atoms with van der Waals surface area (Å²) in [6.07, 6.45) is -6.00. The molecule has 2 aromatic carbocycles. The van der Waals surface area contributed by atoms with Gasteiger partial charge in [-0.25, -0.2) is 0 Å². The predicted octanol–water partition coefficient (Wildman–Crippen LogP) is 0.773. The van der Waals surface area contributed by atoms with Gasteiger partial charge in [0.1, 0.15) is 35.9 Å². The van der Waals surface area contributed by atoms with Crippen LogP contribution in [0.4, 0.5) is 0 Å². The standard InChI is InChI=1S/C21H26O7/c1-12-4-3-5-16(15(12)10-13-6-8-14(26-2)9-7-13)27-21-20(25)19(24)18(23)17(11-22)28-21/h3-9,17-25H,10-11H2,1-2H3/t17-,18-,19+,20-,21-/m1/s1. The molecule has 0 aliphatic carbocycles. The molecule has 5 atom stereocenters. The van der Waals surface area contributed by atoms with Crippen LogP contribution in [0.1, 0.15) is 16.7 Å². The molecule has 1 aliphatic heterocycles. The average molecular weight is 390 g/mol. The summed E-state index contributed by atoms with van der Waals surface area (Å²) < 4.78 is 16.5. The van der Waals surface area contributed by atoms with Crippen molar-refractivity contribution in [1.82, 2.24) is 0 Å². The number of hydrogen-bond acceptors (Lipinski definition) is 7. The SMILES string of the molecule is COc1ccc(Cc2c(C)cccc2O[C@@H]2O[C@H](CO)[C@@H](O)[C@H](O)[C@H]2O)cc1. The lowest BCUT2D eigenvalue weighted by molar-refractivity contribution is -0.277. The molecule has 0 unspecified atom stereocenters. The second kappa shape index (κ2) is 8.89. The Kier molecular flexibility index (Phi) is 6.53. The quantitative estimate of drug-likeness (QED) is 0.577. The van der Waals surface area contributed by atoms with Gasteiger partial charge in [-0.15, -0.1) is 0 Å². The fraction of sp³-hybridized carbons (Fsp3) is 0.429. The first-order valence-electron chi connectivity index (χ1n) is 9.13. The molecule has 0 spiro atoms. The van der Waals surface area contributed by atoms with Gasteiger partial charge in [-0.1, -0.05) is 24.3 Å². The van der Waals surface area contributed by atoms with Crippen LogP contribution in [0.5, 0.6) is 11.5 Å². The molecule has 1 saturated heterocycles. The van der Waals surface area contributed by atoms with Crippen molar-refractivity contribution in [3.8, 4) is 11.5 Å². The number of methoxy groups -OCH3 is 1. The number of aliphatic hydroxyl groups excluding tert-OH is 4. The summed E-state index contributed by atoms with van der Waals surface area (Å²) in [6, 6.07) is 13.2. The number of benzene rings is 2. The summed E-state index contributed by atoms with van der Waals surface area (Å²) in [5.41, 5.74) is 2.95. The predicted molar refractivity (Wildman–Crippen MR) is 101 cm³/mol. The summed E-state index contributed by atoms with van der Waals surface area (Å²) in [6.45, 7) is 1.45. The highest BCUT2D eigenvalue weighted by Gasteiger charge is 2.44. The van der Waals surface area contributed by atoms with E-state index in [9.17, 15) is 20.4 Å². The zero-order chi connectivity index (χ0) is 20.3. The first-order chi connectivity index (χ1) is 13.4. The molecule has 152 valence electrons. The lowest BCUT2D eigenvalue weighted by Gasteiger charge is -2.39. The van der Waals surface area contributed by atoms with E-state index in [4.69, 9.17) is 14.2 Å². The molecule has 7 heteroatoms. The fourth-order valence-corrected chi connectivity index (χ4v) is 3.25. The highest BCUT2D eigenvalue weighted by molar-refractivity contribution is 5.43. The van der Waals surface area contributed by atoms with Crippen molar-refractivity contribution in [2.75, 3.05) is 13.7 Å². The van der Waals surface area contributed by atoms with Crippen molar-refractivity contribution < 1.29 is 34.6 Å². The third-order valence-electron chi connectivity index (χ3n) is 5.00. The molecule has 7 nitrogen and oxygen atoms in total. The van der Waals surface area contributed by atoms with E-state index in [-0.39, 0.29) is 0 Å². The van der Waals surface area contributed by atoms with Gasteiger partial charge in [0.2, 0.25) is 6.29 Å². The Labute approximate surface area is 163 Å². The number of aryl methyl sites for hydroxylation is 1. The zero-order valence-electron chi connectivity index (χ0n) is 15.9. The maximum atomic E-state index is 10.2. The third kappa shape index (κ3) is 4.29. The van der Waals surface area contributed by atoms with Gasteiger partial charge in [0, 0.05) is 12.0 Å². The van der Waals surface area contributed by atoms with Gasteiger partial charge in [-0.05, 0) is 36.2 Å². The van der Waals surface area contributed by atoms with Gasteiger partial charge in [0.15, 0.2) is 0 Å². The molecule has 3 rings (SSSR count). The van der Waals surface area contributed by atoms with Crippen LogP contribution in [0.3, 0.4) is 0 Å². The van der Waals surface area contributed by atoms with Crippen molar-refractivity contribution in [2.24, 2.45) is 0 Å². The van der Waals surface area contributed by atoms with Crippen molar-refractivity contribution in [3.63, 3.8) is 0 Å². The maximum Gasteiger partial charge on any atom is 0.229 e. The van der Waals surface area contributed by atoms with Crippen LogP contribution in [0, 0.1) is 6.92 Å². The molecule has 1 heterocycles. The van der Waals surface area contributed by atoms with E-state index < -0.39 is 37.3 Å². The lowest BCUT2D eigenvalue weighted by atomic mass is 9.98. The van der Waals surface area contributed by atoms with Crippen LogP contribution in [0.2, 0.25) is 0 Å². The Morgan fingerprint density at radius 3 is 2.32 bits per heavy atom. The molecule has 0 radical (unpaired) electrons. The topological polar surface area (TPSA) is 109 Å². The number of hydrogen-bond donors (Lipinski definition) is 4. The normalized spacial score (nSPS) is 27.4. The zero-order valence-corrected chi connectivity index (χ0v) is 15.9. The Hall–Kier alpha value is -2.16. The van der Waals surface area contributed by atoms with Crippen LogP contribution < -0.4 is 9.47 Å². The number of rotatable bonds is 6. The number of aliphatic hydroxyl groups is 4. The Morgan fingerprint density at radius 2 is 1.68 bits per heavy atom. The highest BCUT2D eigenvalue weighted by Crippen LogP contribution is 2.30. The first kappa shape index (κ1) is 20.6. The lowest BCUT2D eigenvalue weighted by Crippen LogP contribution is -2.60. The van der Waals surface area contributed by atoms with Gasteiger partial charge in [0.05, 0.1) is 13.7 Å². The Balaban J connectivity index is 1.83. The van der Waals surface area contributed by atoms with Crippen LogP contribution in [0.15, 0.2) is 42.5 Å². The minimum atomic E-state index is -1.48. The molecular weight excluding hydrogens is 364 g/mol. The molecule has 0 amide bonds. The third-order valence-corrected chi connectivity index (χ3v) is 5.00. The Morgan fingerprint density at radius 1 is 0.964 bits per heavy atom. The summed E-state index contributed by atoms with van der Waals surface area (Å²) in [4.78, 5) is 0. The molecular formula is C21H26O7. The maximum absolute atomic E-state index is 10.2. The Bertz CT molecular complexity index is 775. The monoisotopic (exact) mass is 390 g/mol. The van der Waals surface area contributed by atoms with Crippen molar-refractivity contribution in [2.45, 2.75) is 44.1 Å². The fourth-order valence-electron chi connectivity index (χ4n) is 3.25. The van der Waals surface area contributed by atoms with E-state index in [0.717, 1.165) is 22.4 Å². The van der Waals surface area contributed by atoms with Gasteiger partial charge in [-0.2, -0.15) is 0 Å². The summed E-state index contributed by atoms with van der Waals surface area (Å²) in [7, 11) is 1.61. The molecule has 0 aromatic heterocycles. The molecule has 2 aromatic rings. The van der Waals surface area contributed by atoms with E-state index in [0.29, 0.717) is 12.2 Å². The minimum Gasteiger partial charge on any atom is -0.497 e. The summed E-state index contributed by atoms with van der Waals surface area (Å²) >= 11 is 0. The second-order valence-electron chi connectivity index (χ2n) is 6.89. The van der Waals surface area contributed by atoms with Crippen LogP contribution in [-0.2, 0) is 11.2 Å². The van der Waals surface area contributed by atoms with Gasteiger partial charge < -0.3 is 34.6 Å². The van der Waals surface area contributed by atoms with E-state index in [2.05, 4.69) is 0 Å². The van der Waals surface area contributed by atoms with Crippen LogP contribution in [-0.4, -0.2) is 64.8 Å². The molecule has 28 heavy (non-hydrogen) atoms. The van der Waals surface area contributed by atoms with Crippen molar-refractivity contribution in [1.29, 1.82) is 0 Å². The molecule has 1 fully saturated rings. The van der Waals surface area contributed by atoms with E-state index >= 15 is 0 Å². The largest absolute Gasteiger partial charge is 0.497 e. The smallest absolute Gasteiger partial charge is 0.229 e. The summed E-state index contributed by atoms with van der Waals surface area (Å²) in [5, 5.41) is 39.5. The first-order valence-corrected chi connectivity index (χ1v) is 9.13. The van der Waals surface area contributed by atoms with E-state index in [1.165, 1.54) is 0 Å². The van der Waals surface area contributed by atoms with Crippen LogP contribution >= 0.6 is 0 Å². The van der Waals surface area contributed by atoms with Gasteiger partial charge >= 0.3 is 0 Å². The second-order valence-corrected chi connectivity index (χ2v) is 6.89. The minimum absolute atomic E-state index is 0.500. The molecule has 4 N–H and O–H groups in total. The number of ether oxygens (including phenoxy) is 3.